The molecule has 0 aliphatic rings. The van der Waals surface area contributed by atoms with Crippen LogP contribution in [0.15, 0.2) is 60.9 Å². The van der Waals surface area contributed by atoms with Gasteiger partial charge in [-0.15, -0.1) is 0 Å². The Bertz CT molecular complexity index is 1010. The first kappa shape index (κ1) is 20.1. The van der Waals surface area contributed by atoms with Crippen LogP contribution in [0.3, 0.4) is 0 Å². The smallest absolute Gasteiger partial charge is 0.269 e. The number of hydrogen-bond acceptors (Lipinski definition) is 5. The Hall–Kier alpha value is -3.68. The van der Waals surface area contributed by atoms with Crippen LogP contribution < -0.4 is 4.74 Å². The second kappa shape index (κ2) is 8.55. The minimum Gasteiger partial charge on any atom is -0.486 e. The molecule has 2 aromatic carbocycles. The van der Waals surface area contributed by atoms with E-state index >= 15 is 0 Å². The predicted octanol–water partition coefficient (Wildman–Crippen LogP) is 3.74. The maximum absolute atomic E-state index is 12.8. The predicted molar refractivity (Wildman–Crippen MR) is 108 cm³/mol. The fourth-order valence-electron chi connectivity index (χ4n) is 2.88. The fourth-order valence-corrected chi connectivity index (χ4v) is 2.88. The molecule has 0 radical (unpaired) electrons. The van der Waals surface area contributed by atoms with Crippen molar-refractivity contribution in [2.75, 3.05) is 7.05 Å². The third-order valence-corrected chi connectivity index (χ3v) is 4.85. The number of nitro benzene ring substituents is 1. The van der Waals surface area contributed by atoms with E-state index in [0.717, 1.165) is 5.82 Å². The maximum atomic E-state index is 12.8. The van der Waals surface area contributed by atoms with Crippen molar-refractivity contribution in [1.82, 2.24) is 14.5 Å². The average molecular weight is 394 g/mol. The zero-order valence-corrected chi connectivity index (χ0v) is 16.5. The first-order chi connectivity index (χ1) is 13.9. The van der Waals surface area contributed by atoms with Gasteiger partial charge in [-0.1, -0.05) is 12.1 Å². The molecule has 0 bridgehead atoms. The standard InChI is InChI=1S/C21H22N4O4/c1-15(17-5-4-6-18(13-17)25(27)28)24(3)21(26)16-7-9-19(10-8-16)29-14-20-22-11-12-23(20)2/h4-13,15H,14H2,1-3H3/t15-/m0/s1. The summed E-state index contributed by atoms with van der Waals surface area (Å²) < 4.78 is 7.58. The van der Waals surface area contributed by atoms with Crippen molar-refractivity contribution in [1.29, 1.82) is 0 Å². The molecular formula is C21H22N4O4. The Morgan fingerprint density at radius 3 is 2.62 bits per heavy atom. The lowest BCUT2D eigenvalue weighted by Gasteiger charge is -2.25. The highest BCUT2D eigenvalue weighted by Gasteiger charge is 2.20. The van der Waals surface area contributed by atoms with Crippen molar-refractivity contribution in [3.63, 3.8) is 0 Å². The summed E-state index contributed by atoms with van der Waals surface area (Å²) in [6, 6.07) is 12.9. The van der Waals surface area contributed by atoms with Crippen LogP contribution in [-0.4, -0.2) is 32.3 Å². The van der Waals surface area contributed by atoms with Crippen LogP contribution in [0.2, 0.25) is 0 Å². The van der Waals surface area contributed by atoms with Gasteiger partial charge in [0.2, 0.25) is 0 Å². The molecule has 0 N–H and O–H groups in total. The Morgan fingerprint density at radius 2 is 2.00 bits per heavy atom. The van der Waals surface area contributed by atoms with Gasteiger partial charge in [-0.3, -0.25) is 14.9 Å². The van der Waals surface area contributed by atoms with Gasteiger partial charge in [-0.25, -0.2) is 4.98 Å². The van der Waals surface area contributed by atoms with E-state index in [2.05, 4.69) is 4.98 Å². The van der Waals surface area contributed by atoms with Gasteiger partial charge in [0.25, 0.3) is 11.6 Å². The van der Waals surface area contributed by atoms with Crippen LogP contribution in [0.25, 0.3) is 0 Å². The summed E-state index contributed by atoms with van der Waals surface area (Å²) in [4.78, 5) is 29.1. The van der Waals surface area contributed by atoms with Crippen molar-refractivity contribution in [2.24, 2.45) is 7.05 Å². The number of carbonyl (C=O) groups is 1. The normalized spacial score (nSPS) is 11.7. The summed E-state index contributed by atoms with van der Waals surface area (Å²) in [5.41, 5.74) is 1.21. The van der Waals surface area contributed by atoms with Gasteiger partial charge in [0.05, 0.1) is 11.0 Å². The fraction of sp³-hybridized carbons (Fsp3) is 0.238. The summed E-state index contributed by atoms with van der Waals surface area (Å²) in [6.45, 7) is 2.17. The SMILES string of the molecule is C[C@@H](c1cccc([N+](=O)[O-])c1)N(C)C(=O)c1ccc(OCc2nccn2C)cc1. The third kappa shape index (κ3) is 4.60. The molecule has 29 heavy (non-hydrogen) atoms. The van der Waals surface area contributed by atoms with E-state index in [4.69, 9.17) is 4.74 Å². The van der Waals surface area contributed by atoms with Crippen LogP contribution in [0.1, 0.15) is 34.7 Å². The first-order valence-electron chi connectivity index (χ1n) is 9.07. The summed E-state index contributed by atoms with van der Waals surface area (Å²) in [7, 11) is 3.57. The molecule has 1 amide bonds. The zero-order valence-electron chi connectivity index (χ0n) is 16.5. The van der Waals surface area contributed by atoms with E-state index < -0.39 is 4.92 Å². The van der Waals surface area contributed by atoms with E-state index in [9.17, 15) is 14.9 Å². The lowest BCUT2D eigenvalue weighted by Crippen LogP contribution is -2.29. The van der Waals surface area contributed by atoms with Crippen LogP contribution in [0, 0.1) is 10.1 Å². The Kier molecular flexibility index (Phi) is 5.92. The summed E-state index contributed by atoms with van der Waals surface area (Å²) in [6.07, 6.45) is 3.55. The molecule has 0 unspecified atom stereocenters. The average Bonchev–Trinajstić information content (AvgIpc) is 3.15. The monoisotopic (exact) mass is 394 g/mol. The lowest BCUT2D eigenvalue weighted by atomic mass is 10.1. The molecule has 150 valence electrons. The first-order valence-corrected chi connectivity index (χ1v) is 9.07. The largest absolute Gasteiger partial charge is 0.486 e. The van der Waals surface area contributed by atoms with Crippen molar-refractivity contribution < 1.29 is 14.5 Å². The second-order valence-electron chi connectivity index (χ2n) is 6.71. The van der Waals surface area contributed by atoms with Gasteiger partial charge < -0.3 is 14.2 Å². The molecule has 0 aliphatic carbocycles. The van der Waals surface area contributed by atoms with Gasteiger partial charge in [0.1, 0.15) is 18.2 Å². The molecule has 8 heteroatoms. The number of ether oxygens (including phenoxy) is 1. The number of aryl methyl sites for hydroxylation is 1. The van der Waals surface area contributed by atoms with Crippen molar-refractivity contribution in [3.8, 4) is 5.75 Å². The van der Waals surface area contributed by atoms with Crippen molar-refractivity contribution >= 4 is 11.6 Å². The van der Waals surface area contributed by atoms with E-state index in [1.54, 1.807) is 54.5 Å². The summed E-state index contributed by atoms with van der Waals surface area (Å²) in [5.74, 6) is 1.26. The van der Waals surface area contributed by atoms with Gasteiger partial charge in [-0.2, -0.15) is 0 Å². The van der Waals surface area contributed by atoms with E-state index in [1.807, 2.05) is 24.7 Å². The molecule has 0 spiro atoms. The van der Waals surface area contributed by atoms with E-state index in [1.165, 1.54) is 12.1 Å². The van der Waals surface area contributed by atoms with E-state index in [0.29, 0.717) is 23.5 Å². The minimum absolute atomic E-state index is 0.00409. The molecule has 0 aliphatic heterocycles. The minimum atomic E-state index is -0.443. The number of carbonyl (C=O) groups excluding carboxylic acids is 1. The van der Waals surface area contributed by atoms with Gasteiger partial charge in [0, 0.05) is 44.2 Å². The summed E-state index contributed by atoms with van der Waals surface area (Å²) >= 11 is 0. The number of benzene rings is 2. The number of imidazole rings is 1. The molecule has 0 saturated heterocycles. The van der Waals surface area contributed by atoms with Crippen LogP contribution in [-0.2, 0) is 13.7 Å². The van der Waals surface area contributed by atoms with Crippen molar-refractivity contribution in [2.45, 2.75) is 19.6 Å². The lowest BCUT2D eigenvalue weighted by molar-refractivity contribution is -0.384. The molecule has 8 nitrogen and oxygen atoms in total. The quantitative estimate of drug-likeness (QED) is 0.450. The number of non-ortho nitro benzene ring substituents is 1. The Balaban J connectivity index is 1.66. The third-order valence-electron chi connectivity index (χ3n) is 4.85. The topological polar surface area (TPSA) is 90.5 Å². The van der Waals surface area contributed by atoms with E-state index in [-0.39, 0.29) is 17.6 Å². The van der Waals surface area contributed by atoms with Gasteiger partial charge in [-0.05, 0) is 36.8 Å². The molecule has 1 aromatic heterocycles. The molecule has 0 saturated carbocycles. The van der Waals surface area contributed by atoms with Crippen LogP contribution in [0.4, 0.5) is 5.69 Å². The highest BCUT2D eigenvalue weighted by Crippen LogP contribution is 2.25. The number of aromatic nitrogens is 2. The Labute approximate surface area is 168 Å². The number of nitro groups is 1. The molecule has 3 aromatic rings. The number of amides is 1. The number of rotatable bonds is 7. The Morgan fingerprint density at radius 1 is 1.28 bits per heavy atom. The molecular weight excluding hydrogens is 372 g/mol. The summed E-state index contributed by atoms with van der Waals surface area (Å²) in [5, 5.41) is 11.0. The molecule has 1 atom stereocenters. The highest BCUT2D eigenvalue weighted by atomic mass is 16.6. The van der Waals surface area contributed by atoms with Gasteiger partial charge in [0.15, 0.2) is 0 Å². The van der Waals surface area contributed by atoms with Crippen LogP contribution in [0.5, 0.6) is 5.75 Å². The highest BCUT2D eigenvalue weighted by molar-refractivity contribution is 5.94. The number of nitrogens with zero attached hydrogens (tertiary/aromatic N) is 4. The second-order valence-corrected chi connectivity index (χ2v) is 6.71. The maximum Gasteiger partial charge on any atom is 0.269 e. The van der Waals surface area contributed by atoms with Crippen LogP contribution >= 0.6 is 0 Å². The molecule has 0 fully saturated rings. The van der Waals surface area contributed by atoms with Crippen molar-refractivity contribution in [3.05, 3.63) is 88.0 Å². The number of hydrogen-bond donors (Lipinski definition) is 0. The zero-order chi connectivity index (χ0) is 21.0. The van der Waals surface area contributed by atoms with Gasteiger partial charge >= 0.3 is 0 Å². The molecule has 1 heterocycles. The molecule has 3 rings (SSSR count).